The van der Waals surface area contributed by atoms with Crippen LogP contribution in [0.15, 0.2) is 122 Å². The fourth-order valence-electron chi connectivity index (χ4n) is 3.79. The summed E-state index contributed by atoms with van der Waals surface area (Å²) in [5.41, 5.74) is 3.60. The Hall–Kier alpha value is -3.85. The van der Waals surface area contributed by atoms with Crippen LogP contribution in [-0.4, -0.2) is 15.1 Å². The summed E-state index contributed by atoms with van der Waals surface area (Å²) in [5.74, 6) is 0.261. The van der Waals surface area contributed by atoms with E-state index >= 15 is 0 Å². The Morgan fingerprint density at radius 2 is 1.35 bits per heavy atom. The monoisotopic (exact) mass is 618 g/mol. The maximum absolute atomic E-state index is 9.88. The summed E-state index contributed by atoms with van der Waals surface area (Å²) in [7, 11) is 0. The van der Waals surface area contributed by atoms with Gasteiger partial charge in [0.2, 0.25) is 0 Å². The van der Waals surface area contributed by atoms with Gasteiger partial charge in [-0.15, -0.1) is 35.9 Å². The van der Waals surface area contributed by atoms with E-state index in [0.717, 1.165) is 33.3 Å². The number of nitrogens with zero attached hydrogens (tertiary/aromatic N) is 2. The van der Waals surface area contributed by atoms with E-state index in [4.69, 9.17) is 0 Å². The first-order valence-electron chi connectivity index (χ1n) is 10.7. The van der Waals surface area contributed by atoms with Crippen molar-refractivity contribution in [2.45, 2.75) is 0 Å². The Balaban J connectivity index is 0.000000157. The molecule has 0 bridgehead atoms. The van der Waals surface area contributed by atoms with Gasteiger partial charge in [0.25, 0.3) is 0 Å². The van der Waals surface area contributed by atoms with E-state index in [9.17, 15) is 5.11 Å². The van der Waals surface area contributed by atoms with Crippen LogP contribution in [-0.2, 0) is 20.1 Å². The smallest absolute Gasteiger partial charge is 0.124 e. The van der Waals surface area contributed by atoms with Gasteiger partial charge in [0, 0.05) is 43.4 Å². The number of aromatic hydroxyl groups is 1. The zero-order valence-electron chi connectivity index (χ0n) is 18.2. The van der Waals surface area contributed by atoms with Gasteiger partial charge in [0.15, 0.2) is 0 Å². The van der Waals surface area contributed by atoms with Gasteiger partial charge in [-0.1, -0.05) is 66.7 Å². The van der Waals surface area contributed by atoms with E-state index in [0.29, 0.717) is 0 Å². The molecule has 3 nitrogen and oxygen atoms in total. The predicted octanol–water partition coefficient (Wildman–Crippen LogP) is 7.31. The summed E-state index contributed by atoms with van der Waals surface area (Å²) in [6.45, 7) is 0. The van der Waals surface area contributed by atoms with Crippen LogP contribution < -0.4 is 0 Å². The fraction of sp³-hybridized carbons (Fsp3) is 0. The minimum atomic E-state index is 0. The molecule has 34 heavy (non-hydrogen) atoms. The molecule has 0 spiro atoms. The third kappa shape index (κ3) is 5.04. The van der Waals surface area contributed by atoms with Gasteiger partial charge in [0.1, 0.15) is 5.75 Å². The van der Waals surface area contributed by atoms with Crippen molar-refractivity contribution in [1.29, 1.82) is 0 Å². The second-order valence-electron chi connectivity index (χ2n) is 7.59. The van der Waals surface area contributed by atoms with Crippen molar-refractivity contribution < 1.29 is 25.2 Å². The Morgan fingerprint density at radius 1 is 0.647 bits per heavy atom. The molecule has 0 saturated heterocycles. The van der Waals surface area contributed by atoms with Gasteiger partial charge >= 0.3 is 0 Å². The Labute approximate surface area is 212 Å². The van der Waals surface area contributed by atoms with Crippen molar-refractivity contribution in [3.63, 3.8) is 0 Å². The number of pyridine rings is 2. The van der Waals surface area contributed by atoms with Crippen LogP contribution >= 0.6 is 0 Å². The topological polar surface area (TPSA) is 46.0 Å². The molecule has 0 unspecified atom stereocenters. The number of aromatic nitrogens is 2. The summed E-state index contributed by atoms with van der Waals surface area (Å²) in [6, 6.07) is 38.7. The fourth-order valence-corrected chi connectivity index (χ4v) is 3.79. The van der Waals surface area contributed by atoms with E-state index in [1.807, 2.05) is 91.1 Å². The molecule has 1 radical (unpaired) electrons. The molecule has 4 heteroatoms. The van der Waals surface area contributed by atoms with Crippen molar-refractivity contribution in [2.75, 3.05) is 0 Å². The standard InChI is InChI=1S/C15H11NO.C15H10N.Ir/c17-14-8-4-3-7-13(14)15-12-6-2-1-5-11(12)9-10-16-15;1-2-6-12(7-3-1)15-10-13-8-4-5-9-14(13)11-16-15;/h1-10,17H;1-6,8-11H;/q;-1;. The van der Waals surface area contributed by atoms with E-state index in [2.05, 4.69) is 34.2 Å². The molecule has 0 aliphatic rings. The van der Waals surface area contributed by atoms with Crippen LogP contribution in [0.5, 0.6) is 5.75 Å². The van der Waals surface area contributed by atoms with Gasteiger partial charge in [0.05, 0.1) is 5.69 Å². The second-order valence-corrected chi connectivity index (χ2v) is 7.59. The van der Waals surface area contributed by atoms with Gasteiger partial charge in [-0.3, -0.25) is 4.98 Å². The quantitative estimate of drug-likeness (QED) is 0.207. The summed E-state index contributed by atoms with van der Waals surface area (Å²) in [5, 5.41) is 14.4. The number of benzene rings is 4. The number of fused-ring (bicyclic) bond motifs is 2. The van der Waals surface area contributed by atoms with Crippen LogP contribution in [0, 0.1) is 6.07 Å². The molecule has 2 heterocycles. The molecule has 0 amide bonds. The van der Waals surface area contributed by atoms with Crippen LogP contribution in [0.1, 0.15) is 0 Å². The number of rotatable bonds is 2. The first-order valence-corrected chi connectivity index (χ1v) is 10.7. The summed E-state index contributed by atoms with van der Waals surface area (Å²) >= 11 is 0. The van der Waals surface area contributed by atoms with E-state index in [1.54, 1.807) is 12.3 Å². The molecule has 0 atom stereocenters. The van der Waals surface area contributed by atoms with Crippen LogP contribution in [0.2, 0.25) is 0 Å². The van der Waals surface area contributed by atoms with E-state index < -0.39 is 0 Å². The number of hydrogen-bond donors (Lipinski definition) is 1. The predicted molar refractivity (Wildman–Crippen MR) is 135 cm³/mol. The minimum Gasteiger partial charge on any atom is -0.507 e. The van der Waals surface area contributed by atoms with Crippen molar-refractivity contribution in [3.05, 3.63) is 128 Å². The SMILES string of the molecule is Oc1ccccc1-c1nccc2ccccc12.[Ir].[c-]1ccccc1-c1cc2ccccc2cn1. The zero-order chi connectivity index (χ0) is 22.5. The number of hydrogen-bond acceptors (Lipinski definition) is 3. The minimum absolute atomic E-state index is 0. The van der Waals surface area contributed by atoms with Crippen LogP contribution in [0.3, 0.4) is 0 Å². The summed E-state index contributed by atoms with van der Waals surface area (Å²) in [4.78, 5) is 8.82. The van der Waals surface area contributed by atoms with Gasteiger partial charge < -0.3 is 10.1 Å². The molecule has 0 aliphatic carbocycles. The average molecular weight is 618 g/mol. The first-order chi connectivity index (χ1) is 16.3. The largest absolute Gasteiger partial charge is 0.507 e. The molecule has 6 rings (SSSR count). The third-order valence-corrected chi connectivity index (χ3v) is 5.45. The molecule has 1 N–H and O–H groups in total. The van der Waals surface area contributed by atoms with E-state index in [1.165, 1.54) is 10.8 Å². The second kappa shape index (κ2) is 10.8. The molecule has 0 fully saturated rings. The molecule has 0 saturated carbocycles. The first kappa shape index (κ1) is 23.3. The van der Waals surface area contributed by atoms with Crippen molar-refractivity contribution in [3.8, 4) is 28.3 Å². The number of phenols is 1. The normalized spacial score (nSPS) is 10.2. The van der Waals surface area contributed by atoms with Crippen molar-refractivity contribution in [2.24, 2.45) is 0 Å². The molecule has 167 valence electrons. The maximum Gasteiger partial charge on any atom is 0.124 e. The van der Waals surface area contributed by atoms with Crippen LogP contribution in [0.4, 0.5) is 0 Å². The third-order valence-electron chi connectivity index (χ3n) is 5.45. The molecular weight excluding hydrogens is 597 g/mol. The molecule has 0 aliphatic heterocycles. The molecule has 2 aromatic heterocycles. The van der Waals surface area contributed by atoms with Gasteiger partial charge in [-0.05, 0) is 40.1 Å². The Kier molecular flexibility index (Phi) is 7.44. The van der Waals surface area contributed by atoms with Crippen molar-refractivity contribution in [1.82, 2.24) is 9.97 Å². The van der Waals surface area contributed by atoms with Gasteiger partial charge in [-0.2, -0.15) is 0 Å². The van der Waals surface area contributed by atoms with E-state index in [-0.39, 0.29) is 25.9 Å². The van der Waals surface area contributed by atoms with Crippen LogP contribution in [0.25, 0.3) is 44.1 Å². The zero-order valence-corrected chi connectivity index (χ0v) is 20.6. The maximum atomic E-state index is 9.88. The number of phenolic OH excluding ortho intramolecular Hbond substituents is 1. The van der Waals surface area contributed by atoms with Crippen molar-refractivity contribution >= 4 is 21.5 Å². The molecular formula is C30H21IrN2O-. The Bertz CT molecular complexity index is 1530. The average Bonchev–Trinajstić information content (AvgIpc) is 2.89. The summed E-state index contributed by atoms with van der Waals surface area (Å²) in [6.07, 6.45) is 3.68. The Morgan fingerprint density at radius 3 is 2.15 bits per heavy atom. The molecule has 4 aromatic carbocycles. The molecule has 6 aromatic rings. The number of para-hydroxylation sites is 1. The summed E-state index contributed by atoms with van der Waals surface area (Å²) < 4.78 is 0. The van der Waals surface area contributed by atoms with Gasteiger partial charge in [-0.25, -0.2) is 0 Å².